The number of amides is 5. The van der Waals surface area contributed by atoms with E-state index in [0.29, 0.717) is 24.4 Å². The summed E-state index contributed by atoms with van der Waals surface area (Å²) in [5.74, 6) is -0.272. The van der Waals surface area contributed by atoms with Crippen LogP contribution in [0.15, 0.2) is 42.5 Å². The predicted octanol–water partition coefficient (Wildman–Crippen LogP) is 3.16. The maximum Gasteiger partial charge on any atom is 0.329 e. The van der Waals surface area contributed by atoms with Gasteiger partial charge in [-0.1, -0.05) is 12.1 Å². The summed E-state index contributed by atoms with van der Waals surface area (Å²) in [6, 6.07) is 13.0. The molecule has 1 aliphatic carbocycles. The van der Waals surface area contributed by atoms with Crippen LogP contribution in [0.5, 0.6) is 0 Å². The lowest BCUT2D eigenvalue weighted by Crippen LogP contribution is -2.52. The fourth-order valence-corrected chi connectivity index (χ4v) is 5.38. The molecule has 8 heteroatoms. The molecule has 1 unspecified atom stereocenters. The van der Waals surface area contributed by atoms with Gasteiger partial charge in [-0.3, -0.25) is 29.5 Å². The molecule has 0 aromatic heterocycles. The fraction of sp³-hybridized carbons (Fsp3) is 0.385. The van der Waals surface area contributed by atoms with Crippen LogP contribution in [0.25, 0.3) is 0 Å². The van der Waals surface area contributed by atoms with Crippen molar-refractivity contribution in [1.82, 2.24) is 10.2 Å². The normalized spacial score (nSPS) is 24.7. The van der Waals surface area contributed by atoms with Gasteiger partial charge in [0, 0.05) is 36.4 Å². The standard InChI is InChI=1S/C26H26N4O4/c1-15-13-28(26(34)30(15)19-6-4-17(5-7-19)16-2-3-16)20-8-9-21-18(12-20)14-29(25(21)33)22-10-11-23(31)27-24(22)32/h4-9,12,15-16,22H,2-3,10-11,13-14H2,1H3,(H,27,31,32)/t15-,22?/m1/s1. The van der Waals surface area contributed by atoms with Crippen molar-refractivity contribution < 1.29 is 19.2 Å². The van der Waals surface area contributed by atoms with E-state index in [-0.39, 0.29) is 36.9 Å². The zero-order valence-corrected chi connectivity index (χ0v) is 19.0. The van der Waals surface area contributed by atoms with Gasteiger partial charge in [0.2, 0.25) is 11.8 Å². The van der Waals surface area contributed by atoms with E-state index in [9.17, 15) is 19.2 Å². The molecule has 5 amide bonds. The molecule has 2 atom stereocenters. The van der Waals surface area contributed by atoms with Crippen molar-refractivity contribution in [3.63, 3.8) is 0 Å². The van der Waals surface area contributed by atoms with E-state index < -0.39 is 11.9 Å². The van der Waals surface area contributed by atoms with Gasteiger partial charge in [0.15, 0.2) is 0 Å². The Hall–Kier alpha value is -3.68. The van der Waals surface area contributed by atoms with Gasteiger partial charge in [-0.2, -0.15) is 0 Å². The van der Waals surface area contributed by atoms with Crippen molar-refractivity contribution in [1.29, 1.82) is 0 Å². The van der Waals surface area contributed by atoms with Crippen molar-refractivity contribution in [2.45, 2.75) is 57.2 Å². The van der Waals surface area contributed by atoms with Crippen LogP contribution in [0.1, 0.15) is 60.0 Å². The average Bonchev–Trinajstić information content (AvgIpc) is 3.56. The van der Waals surface area contributed by atoms with Crippen LogP contribution in [-0.2, 0) is 16.1 Å². The summed E-state index contributed by atoms with van der Waals surface area (Å²) >= 11 is 0. The summed E-state index contributed by atoms with van der Waals surface area (Å²) in [7, 11) is 0. The molecule has 6 rings (SSSR count). The van der Waals surface area contributed by atoms with E-state index >= 15 is 0 Å². The quantitative estimate of drug-likeness (QED) is 0.713. The molecule has 3 heterocycles. The Morgan fingerprint density at radius 3 is 2.35 bits per heavy atom. The highest BCUT2D eigenvalue weighted by Crippen LogP contribution is 2.41. The minimum atomic E-state index is -0.649. The zero-order chi connectivity index (χ0) is 23.6. The molecule has 0 spiro atoms. The van der Waals surface area contributed by atoms with Gasteiger partial charge in [0.05, 0.1) is 6.04 Å². The van der Waals surface area contributed by atoms with Gasteiger partial charge in [-0.15, -0.1) is 0 Å². The molecule has 0 radical (unpaired) electrons. The van der Waals surface area contributed by atoms with Crippen LogP contribution in [-0.4, -0.2) is 47.3 Å². The van der Waals surface area contributed by atoms with Gasteiger partial charge in [0.1, 0.15) is 6.04 Å². The van der Waals surface area contributed by atoms with Crippen molar-refractivity contribution in [2.75, 3.05) is 16.3 Å². The molecule has 2 aromatic rings. The molecule has 1 N–H and O–H groups in total. The van der Waals surface area contributed by atoms with Crippen LogP contribution in [0.4, 0.5) is 16.2 Å². The molecule has 2 saturated heterocycles. The minimum absolute atomic E-state index is 0.00846. The molecule has 8 nitrogen and oxygen atoms in total. The number of hydrogen-bond acceptors (Lipinski definition) is 4. The van der Waals surface area contributed by atoms with Crippen molar-refractivity contribution >= 4 is 35.1 Å². The van der Waals surface area contributed by atoms with E-state index in [1.54, 1.807) is 17.0 Å². The predicted molar refractivity (Wildman–Crippen MR) is 126 cm³/mol. The SMILES string of the molecule is C[C@@H]1CN(c2ccc3c(c2)CN(C2CCC(=O)NC2=O)C3=O)C(=O)N1c1ccc(C2CC2)cc1. The largest absolute Gasteiger partial charge is 0.329 e. The van der Waals surface area contributed by atoms with E-state index in [4.69, 9.17) is 0 Å². The first-order valence-electron chi connectivity index (χ1n) is 11.9. The second-order valence-electron chi connectivity index (χ2n) is 9.72. The monoisotopic (exact) mass is 458 g/mol. The Labute approximate surface area is 197 Å². The lowest BCUT2D eigenvalue weighted by atomic mass is 10.0. The molecule has 0 bridgehead atoms. The Morgan fingerprint density at radius 1 is 0.912 bits per heavy atom. The molecule has 34 heavy (non-hydrogen) atoms. The number of piperidine rings is 1. The second kappa shape index (κ2) is 7.68. The number of nitrogens with zero attached hydrogens (tertiary/aromatic N) is 3. The van der Waals surface area contributed by atoms with Crippen LogP contribution in [0.3, 0.4) is 0 Å². The summed E-state index contributed by atoms with van der Waals surface area (Å²) in [4.78, 5) is 55.2. The molecule has 1 saturated carbocycles. The number of nitrogens with one attached hydrogen (secondary N) is 1. The highest BCUT2D eigenvalue weighted by Gasteiger charge is 2.41. The topological polar surface area (TPSA) is 90.0 Å². The zero-order valence-electron chi connectivity index (χ0n) is 19.0. The first kappa shape index (κ1) is 20.9. The Morgan fingerprint density at radius 2 is 1.65 bits per heavy atom. The Kier molecular flexibility index (Phi) is 4.72. The lowest BCUT2D eigenvalue weighted by molar-refractivity contribution is -0.136. The molecule has 4 aliphatic rings. The van der Waals surface area contributed by atoms with Gasteiger partial charge in [0.25, 0.3) is 5.91 Å². The molecular weight excluding hydrogens is 432 g/mol. The lowest BCUT2D eigenvalue weighted by Gasteiger charge is -2.29. The van der Waals surface area contributed by atoms with E-state index in [0.717, 1.165) is 16.9 Å². The summed E-state index contributed by atoms with van der Waals surface area (Å²) in [6.07, 6.45) is 3.04. The molecule has 174 valence electrons. The van der Waals surface area contributed by atoms with Crippen molar-refractivity contribution in [3.05, 3.63) is 59.2 Å². The van der Waals surface area contributed by atoms with Crippen LogP contribution < -0.4 is 15.1 Å². The third-order valence-electron chi connectivity index (χ3n) is 7.36. The maximum absolute atomic E-state index is 13.4. The third-order valence-corrected chi connectivity index (χ3v) is 7.36. The number of carbonyl (C=O) groups excluding carboxylic acids is 4. The Bertz CT molecular complexity index is 1220. The Balaban J connectivity index is 1.22. The minimum Gasteiger partial charge on any atom is -0.322 e. The van der Waals surface area contributed by atoms with E-state index in [1.165, 1.54) is 23.3 Å². The molecule has 3 aliphatic heterocycles. The number of carbonyl (C=O) groups is 4. The van der Waals surface area contributed by atoms with Crippen LogP contribution in [0.2, 0.25) is 0 Å². The number of fused-ring (bicyclic) bond motifs is 1. The summed E-state index contributed by atoms with van der Waals surface area (Å²) < 4.78 is 0. The smallest absolute Gasteiger partial charge is 0.322 e. The number of imide groups is 1. The average molecular weight is 459 g/mol. The van der Waals surface area contributed by atoms with Crippen molar-refractivity contribution in [2.24, 2.45) is 0 Å². The van der Waals surface area contributed by atoms with Gasteiger partial charge >= 0.3 is 6.03 Å². The second-order valence-corrected chi connectivity index (χ2v) is 9.72. The van der Waals surface area contributed by atoms with Crippen molar-refractivity contribution in [3.8, 4) is 0 Å². The van der Waals surface area contributed by atoms with E-state index in [2.05, 4.69) is 17.4 Å². The summed E-state index contributed by atoms with van der Waals surface area (Å²) in [6.45, 7) is 2.87. The van der Waals surface area contributed by atoms with Crippen LogP contribution >= 0.6 is 0 Å². The molecule has 3 fully saturated rings. The summed E-state index contributed by atoms with van der Waals surface area (Å²) in [5.41, 5.74) is 4.31. The van der Waals surface area contributed by atoms with Gasteiger partial charge < -0.3 is 4.90 Å². The first-order valence-corrected chi connectivity index (χ1v) is 11.9. The summed E-state index contributed by atoms with van der Waals surface area (Å²) in [5, 5.41) is 2.32. The molecule has 2 aromatic carbocycles. The van der Waals surface area contributed by atoms with Gasteiger partial charge in [-0.25, -0.2) is 4.79 Å². The fourth-order valence-electron chi connectivity index (χ4n) is 5.38. The highest BCUT2D eigenvalue weighted by atomic mass is 16.2. The highest BCUT2D eigenvalue weighted by molar-refractivity contribution is 6.08. The number of hydrogen-bond donors (Lipinski definition) is 1. The third kappa shape index (κ3) is 3.36. The van der Waals surface area contributed by atoms with Gasteiger partial charge in [-0.05, 0) is 73.6 Å². The van der Waals surface area contributed by atoms with Crippen LogP contribution in [0, 0.1) is 0 Å². The first-order chi connectivity index (χ1) is 16.4. The molecular formula is C26H26N4O4. The maximum atomic E-state index is 13.4. The van der Waals surface area contributed by atoms with E-state index in [1.807, 2.05) is 30.0 Å². The number of benzene rings is 2. The number of anilines is 2. The number of rotatable bonds is 4. The number of urea groups is 1.